The van der Waals surface area contributed by atoms with Crippen LogP contribution in [0.1, 0.15) is 22.3 Å². The quantitative estimate of drug-likeness (QED) is 0.170. The maximum Gasteiger partial charge on any atom is 0.160 e. The first-order chi connectivity index (χ1) is 27.8. The molecular formula is C53H34N2S. The molecule has 2 aromatic heterocycles. The van der Waals surface area contributed by atoms with E-state index in [9.17, 15) is 0 Å². The third-order valence-electron chi connectivity index (χ3n) is 11.4. The predicted molar refractivity (Wildman–Crippen MR) is 234 cm³/mol. The molecule has 8 aromatic carbocycles. The fraction of sp³-hybridized carbons (Fsp3) is 0.0189. The number of rotatable bonds is 6. The van der Waals surface area contributed by atoms with E-state index >= 15 is 0 Å². The SMILES string of the molecule is c1ccc(-c2cc(-c3cc4c(cc3-c3ccc5sc6ccccc6c5c3)-c3ccccc3C4(c3ccccc3)c3ccccc3)nc(-c3ccccc3)n2)cc1. The Kier molecular flexibility index (Phi) is 7.61. The molecule has 56 heavy (non-hydrogen) atoms. The van der Waals surface area contributed by atoms with Gasteiger partial charge in [0.05, 0.1) is 16.8 Å². The number of fused-ring (bicyclic) bond motifs is 6. The molecule has 0 radical (unpaired) electrons. The summed E-state index contributed by atoms with van der Waals surface area (Å²) in [6, 6.07) is 74.6. The van der Waals surface area contributed by atoms with E-state index in [0.717, 1.165) is 39.2 Å². The molecule has 1 aliphatic rings. The Morgan fingerprint density at radius 3 is 1.66 bits per heavy atom. The highest BCUT2D eigenvalue weighted by Gasteiger charge is 2.46. The minimum absolute atomic E-state index is 0.549. The molecule has 1 aliphatic carbocycles. The van der Waals surface area contributed by atoms with Crippen molar-refractivity contribution in [3.8, 4) is 56.2 Å². The van der Waals surface area contributed by atoms with Crippen molar-refractivity contribution < 1.29 is 0 Å². The normalized spacial score (nSPS) is 12.8. The number of aromatic nitrogens is 2. The summed E-state index contributed by atoms with van der Waals surface area (Å²) >= 11 is 1.85. The number of hydrogen-bond acceptors (Lipinski definition) is 3. The number of thiophene rings is 1. The van der Waals surface area contributed by atoms with Crippen molar-refractivity contribution in [2.24, 2.45) is 0 Å². The van der Waals surface area contributed by atoms with Crippen molar-refractivity contribution in [1.29, 1.82) is 0 Å². The van der Waals surface area contributed by atoms with E-state index in [1.165, 1.54) is 53.6 Å². The molecule has 10 aromatic rings. The molecule has 0 amide bonds. The Hall–Kier alpha value is -6.94. The molecule has 0 atom stereocenters. The second-order valence-electron chi connectivity index (χ2n) is 14.5. The van der Waals surface area contributed by atoms with Gasteiger partial charge in [-0.2, -0.15) is 0 Å². The van der Waals surface area contributed by atoms with Gasteiger partial charge in [0, 0.05) is 36.9 Å². The molecule has 2 nitrogen and oxygen atoms in total. The fourth-order valence-electron chi connectivity index (χ4n) is 8.89. The first-order valence-electron chi connectivity index (χ1n) is 19.1. The maximum atomic E-state index is 5.45. The van der Waals surface area contributed by atoms with Crippen molar-refractivity contribution >= 4 is 31.5 Å². The monoisotopic (exact) mass is 730 g/mol. The first kappa shape index (κ1) is 32.5. The van der Waals surface area contributed by atoms with Crippen LogP contribution in [-0.4, -0.2) is 9.97 Å². The van der Waals surface area contributed by atoms with Crippen LogP contribution in [0.2, 0.25) is 0 Å². The molecular weight excluding hydrogens is 697 g/mol. The van der Waals surface area contributed by atoms with Gasteiger partial charge < -0.3 is 0 Å². The smallest absolute Gasteiger partial charge is 0.160 e. The Balaban J connectivity index is 1.27. The second-order valence-corrected chi connectivity index (χ2v) is 15.6. The summed E-state index contributed by atoms with van der Waals surface area (Å²) in [6.45, 7) is 0. The molecule has 0 spiro atoms. The van der Waals surface area contributed by atoms with E-state index in [-0.39, 0.29) is 0 Å². The summed E-state index contributed by atoms with van der Waals surface area (Å²) in [4.78, 5) is 10.6. The van der Waals surface area contributed by atoms with Gasteiger partial charge in [0.2, 0.25) is 0 Å². The van der Waals surface area contributed by atoms with Gasteiger partial charge in [-0.3, -0.25) is 0 Å². The van der Waals surface area contributed by atoms with Crippen LogP contribution in [0.25, 0.3) is 76.3 Å². The van der Waals surface area contributed by atoms with E-state index in [2.05, 4.69) is 200 Å². The molecule has 0 fully saturated rings. The Bertz CT molecular complexity index is 2960. The van der Waals surface area contributed by atoms with E-state index in [1.807, 2.05) is 17.4 Å². The van der Waals surface area contributed by atoms with Crippen LogP contribution >= 0.6 is 11.3 Å². The van der Waals surface area contributed by atoms with E-state index in [4.69, 9.17) is 9.97 Å². The van der Waals surface area contributed by atoms with Gasteiger partial charge in [-0.25, -0.2) is 9.97 Å². The molecule has 0 bridgehead atoms. The van der Waals surface area contributed by atoms with Crippen LogP contribution in [0, 0.1) is 0 Å². The maximum absolute atomic E-state index is 5.45. The minimum Gasteiger partial charge on any atom is -0.228 e. The highest BCUT2D eigenvalue weighted by Crippen LogP contribution is 2.58. The summed E-state index contributed by atoms with van der Waals surface area (Å²) in [5, 5.41) is 2.56. The average molecular weight is 731 g/mol. The minimum atomic E-state index is -0.549. The van der Waals surface area contributed by atoms with Crippen LogP contribution in [-0.2, 0) is 5.41 Å². The van der Waals surface area contributed by atoms with Crippen molar-refractivity contribution in [3.05, 3.63) is 229 Å². The van der Waals surface area contributed by atoms with Gasteiger partial charge in [-0.05, 0) is 80.9 Å². The molecule has 0 saturated carbocycles. The number of benzene rings is 8. The van der Waals surface area contributed by atoms with Crippen LogP contribution in [0.15, 0.2) is 206 Å². The van der Waals surface area contributed by atoms with Crippen molar-refractivity contribution in [2.75, 3.05) is 0 Å². The fourth-order valence-corrected chi connectivity index (χ4v) is 9.98. The Morgan fingerprint density at radius 1 is 0.339 bits per heavy atom. The lowest BCUT2D eigenvalue weighted by Gasteiger charge is -2.34. The number of hydrogen-bond donors (Lipinski definition) is 0. The Labute approximate surface area is 330 Å². The third-order valence-corrected chi connectivity index (χ3v) is 12.5. The second kappa shape index (κ2) is 13.1. The summed E-state index contributed by atoms with van der Waals surface area (Å²) < 4.78 is 2.59. The highest BCUT2D eigenvalue weighted by atomic mass is 32.1. The van der Waals surface area contributed by atoms with Gasteiger partial charge in [0.25, 0.3) is 0 Å². The van der Waals surface area contributed by atoms with Crippen LogP contribution in [0.3, 0.4) is 0 Å². The van der Waals surface area contributed by atoms with Crippen LogP contribution < -0.4 is 0 Å². The van der Waals surface area contributed by atoms with E-state index in [0.29, 0.717) is 5.82 Å². The number of nitrogens with zero attached hydrogens (tertiary/aromatic N) is 2. The Morgan fingerprint density at radius 2 is 0.929 bits per heavy atom. The molecule has 0 unspecified atom stereocenters. The van der Waals surface area contributed by atoms with Crippen molar-refractivity contribution in [2.45, 2.75) is 5.41 Å². The lowest BCUT2D eigenvalue weighted by molar-refractivity contribution is 0.769. The molecule has 3 heteroatoms. The summed E-state index contributed by atoms with van der Waals surface area (Å²) in [5.41, 5.74) is 14.1. The standard InChI is InChI=1S/C53H34N2S/c1-5-17-35(18-6-1)48-34-49(55-52(54-48)36-19-7-2-8-20-36)44-33-47-43(32-42(44)37-29-30-51-45(31-37)41-26-14-16-28-50(41)56-51)40-25-13-15-27-46(40)53(47,38-21-9-3-10-22-38)39-23-11-4-12-24-39/h1-34H. The highest BCUT2D eigenvalue weighted by molar-refractivity contribution is 7.25. The van der Waals surface area contributed by atoms with Crippen molar-refractivity contribution in [1.82, 2.24) is 9.97 Å². The van der Waals surface area contributed by atoms with Crippen molar-refractivity contribution in [3.63, 3.8) is 0 Å². The van der Waals surface area contributed by atoms with E-state index < -0.39 is 5.41 Å². The summed E-state index contributed by atoms with van der Waals surface area (Å²) in [5.74, 6) is 0.702. The average Bonchev–Trinajstić information content (AvgIpc) is 3.80. The summed E-state index contributed by atoms with van der Waals surface area (Å²) in [6.07, 6.45) is 0. The van der Waals surface area contributed by atoms with E-state index in [1.54, 1.807) is 0 Å². The lowest BCUT2D eigenvalue weighted by Crippen LogP contribution is -2.28. The molecule has 11 rings (SSSR count). The third kappa shape index (κ3) is 5.09. The zero-order chi connectivity index (χ0) is 37.1. The molecule has 0 N–H and O–H groups in total. The van der Waals surface area contributed by atoms with Gasteiger partial charge in [0.15, 0.2) is 5.82 Å². The van der Waals surface area contributed by atoms with Gasteiger partial charge >= 0.3 is 0 Å². The topological polar surface area (TPSA) is 25.8 Å². The largest absolute Gasteiger partial charge is 0.228 e. The van der Waals surface area contributed by atoms with Crippen LogP contribution in [0.4, 0.5) is 0 Å². The van der Waals surface area contributed by atoms with Crippen LogP contribution in [0.5, 0.6) is 0 Å². The van der Waals surface area contributed by atoms with Gasteiger partial charge in [-0.1, -0.05) is 170 Å². The molecule has 0 aliphatic heterocycles. The summed E-state index contributed by atoms with van der Waals surface area (Å²) in [7, 11) is 0. The zero-order valence-corrected chi connectivity index (χ0v) is 31.2. The first-order valence-corrected chi connectivity index (χ1v) is 19.9. The molecule has 262 valence electrons. The predicted octanol–water partition coefficient (Wildman–Crippen LogP) is 13.9. The molecule has 2 heterocycles. The zero-order valence-electron chi connectivity index (χ0n) is 30.4. The molecule has 0 saturated heterocycles. The van der Waals surface area contributed by atoms with Gasteiger partial charge in [-0.15, -0.1) is 11.3 Å². The lowest BCUT2D eigenvalue weighted by atomic mass is 9.67. The van der Waals surface area contributed by atoms with Gasteiger partial charge in [0.1, 0.15) is 0 Å².